The molecule has 7 heteroatoms. The number of piperidine rings is 1. The smallest absolute Gasteiger partial charge is 0.254 e. The third-order valence-electron chi connectivity index (χ3n) is 4.12. The molecule has 1 aliphatic rings. The molecule has 0 saturated carbocycles. The third kappa shape index (κ3) is 3.07. The van der Waals surface area contributed by atoms with E-state index in [9.17, 15) is 4.79 Å². The maximum absolute atomic E-state index is 12.8. The van der Waals surface area contributed by atoms with Gasteiger partial charge in [0.1, 0.15) is 22.9 Å². The van der Waals surface area contributed by atoms with Crippen molar-refractivity contribution >= 4 is 28.7 Å². The highest BCUT2D eigenvalue weighted by atomic mass is 32.1. The molecule has 0 aliphatic carbocycles. The number of hydrogen-bond acceptors (Lipinski definition) is 6. The normalized spacial score (nSPS) is 17.8. The molecule has 4 rings (SSSR count). The van der Waals surface area contributed by atoms with Gasteiger partial charge in [-0.25, -0.2) is 0 Å². The molecular weight excluding hydrogens is 324 g/mol. The summed E-state index contributed by atoms with van der Waals surface area (Å²) < 4.78 is 14.4. The van der Waals surface area contributed by atoms with E-state index >= 15 is 0 Å². The van der Waals surface area contributed by atoms with Crippen molar-refractivity contribution in [2.24, 2.45) is 0 Å². The van der Waals surface area contributed by atoms with E-state index < -0.39 is 0 Å². The summed E-state index contributed by atoms with van der Waals surface area (Å²) in [5.41, 5.74) is 2.25. The Balaban J connectivity index is 1.47. The Bertz CT molecular complexity index is 852. The van der Waals surface area contributed by atoms with Crippen LogP contribution in [0.2, 0.25) is 0 Å². The number of nitrogens with zero attached hydrogens (tertiary/aromatic N) is 4. The summed E-state index contributed by atoms with van der Waals surface area (Å²) in [5.74, 6) is 0.812. The number of carbonyl (C=O) groups excluding carboxylic acids is 1. The molecular formula is C17H16N4O2S. The van der Waals surface area contributed by atoms with Crippen LogP contribution < -0.4 is 4.74 Å². The Morgan fingerprint density at radius 1 is 1.17 bits per heavy atom. The molecule has 0 bridgehead atoms. The predicted octanol–water partition coefficient (Wildman–Crippen LogP) is 2.77. The lowest BCUT2D eigenvalue weighted by Crippen LogP contribution is -2.44. The number of carbonyl (C=O) groups is 1. The zero-order chi connectivity index (χ0) is 16.4. The second-order valence-corrected chi connectivity index (χ2v) is 6.31. The first-order chi connectivity index (χ1) is 11.8. The lowest BCUT2D eigenvalue weighted by molar-refractivity contribution is 0.0538. The topological polar surface area (TPSA) is 68.2 Å². The molecule has 24 heavy (non-hydrogen) atoms. The molecule has 1 aromatic carbocycles. The van der Waals surface area contributed by atoms with E-state index in [1.807, 2.05) is 35.2 Å². The SMILES string of the molecule is O=C(c1ccc2nsnc2c1)N1CCCC(Oc2ccncc2)C1. The summed E-state index contributed by atoms with van der Waals surface area (Å²) in [5, 5.41) is 0. The molecule has 0 spiro atoms. The minimum atomic E-state index is 0.00905. The Labute approximate surface area is 143 Å². The van der Waals surface area contributed by atoms with Gasteiger partial charge in [-0.1, -0.05) is 0 Å². The first-order valence-corrected chi connectivity index (χ1v) is 8.61. The van der Waals surface area contributed by atoms with Crippen molar-refractivity contribution in [2.75, 3.05) is 13.1 Å². The van der Waals surface area contributed by atoms with Gasteiger partial charge in [-0.05, 0) is 43.2 Å². The van der Waals surface area contributed by atoms with Crippen LogP contribution in [-0.2, 0) is 0 Å². The van der Waals surface area contributed by atoms with Crippen LogP contribution in [0.1, 0.15) is 23.2 Å². The highest BCUT2D eigenvalue weighted by Crippen LogP contribution is 2.20. The summed E-state index contributed by atoms with van der Waals surface area (Å²) in [6.07, 6.45) is 5.30. The first kappa shape index (κ1) is 15.0. The molecule has 2 aromatic heterocycles. The molecule has 1 fully saturated rings. The minimum Gasteiger partial charge on any atom is -0.488 e. The maximum atomic E-state index is 12.8. The second-order valence-electron chi connectivity index (χ2n) is 5.78. The van der Waals surface area contributed by atoms with E-state index in [0.29, 0.717) is 12.1 Å². The fourth-order valence-corrected chi connectivity index (χ4v) is 3.44. The van der Waals surface area contributed by atoms with Crippen molar-refractivity contribution in [1.82, 2.24) is 18.6 Å². The summed E-state index contributed by atoms with van der Waals surface area (Å²) >= 11 is 1.16. The molecule has 1 unspecified atom stereocenters. The van der Waals surface area contributed by atoms with Gasteiger partial charge in [0.25, 0.3) is 5.91 Å². The number of amides is 1. The van der Waals surface area contributed by atoms with Crippen LogP contribution in [-0.4, -0.2) is 43.7 Å². The van der Waals surface area contributed by atoms with Gasteiger partial charge >= 0.3 is 0 Å². The molecule has 122 valence electrons. The summed E-state index contributed by atoms with van der Waals surface area (Å²) in [7, 11) is 0. The Morgan fingerprint density at radius 2 is 2.00 bits per heavy atom. The molecule has 3 heterocycles. The minimum absolute atomic E-state index is 0.00905. The van der Waals surface area contributed by atoms with Crippen LogP contribution in [0.25, 0.3) is 11.0 Å². The van der Waals surface area contributed by atoms with Gasteiger partial charge in [0, 0.05) is 24.5 Å². The highest BCUT2D eigenvalue weighted by molar-refractivity contribution is 7.00. The number of fused-ring (bicyclic) bond motifs is 1. The van der Waals surface area contributed by atoms with Crippen molar-refractivity contribution in [3.8, 4) is 5.75 Å². The predicted molar refractivity (Wildman–Crippen MR) is 91.2 cm³/mol. The van der Waals surface area contributed by atoms with E-state index in [-0.39, 0.29) is 12.0 Å². The molecule has 3 aromatic rings. The third-order valence-corrected chi connectivity index (χ3v) is 4.68. The monoisotopic (exact) mass is 340 g/mol. The fraction of sp³-hybridized carbons (Fsp3) is 0.294. The van der Waals surface area contributed by atoms with Gasteiger partial charge in [0.15, 0.2) is 0 Å². The number of ether oxygens (including phenoxy) is 1. The maximum Gasteiger partial charge on any atom is 0.254 e. The van der Waals surface area contributed by atoms with E-state index in [2.05, 4.69) is 13.7 Å². The summed E-state index contributed by atoms with van der Waals surface area (Å²) in [6, 6.07) is 9.16. The van der Waals surface area contributed by atoms with Crippen LogP contribution in [0.15, 0.2) is 42.7 Å². The number of likely N-dealkylation sites (tertiary alicyclic amines) is 1. The Hall–Kier alpha value is -2.54. The van der Waals surface area contributed by atoms with Crippen LogP contribution in [0.3, 0.4) is 0 Å². The van der Waals surface area contributed by atoms with Gasteiger partial charge in [0.2, 0.25) is 0 Å². The summed E-state index contributed by atoms with van der Waals surface area (Å²) in [6.45, 7) is 1.34. The molecule has 0 radical (unpaired) electrons. The van der Waals surface area contributed by atoms with E-state index in [4.69, 9.17) is 4.74 Å². The number of pyridine rings is 1. The van der Waals surface area contributed by atoms with Gasteiger partial charge in [-0.2, -0.15) is 8.75 Å². The van der Waals surface area contributed by atoms with Crippen molar-refractivity contribution in [3.63, 3.8) is 0 Å². The average molecular weight is 340 g/mol. The lowest BCUT2D eigenvalue weighted by Gasteiger charge is -2.33. The average Bonchev–Trinajstić information content (AvgIpc) is 3.10. The lowest BCUT2D eigenvalue weighted by atomic mass is 10.1. The number of hydrogen-bond donors (Lipinski definition) is 0. The zero-order valence-corrected chi connectivity index (χ0v) is 13.8. The first-order valence-electron chi connectivity index (χ1n) is 7.88. The van der Waals surface area contributed by atoms with Gasteiger partial charge < -0.3 is 9.64 Å². The zero-order valence-electron chi connectivity index (χ0n) is 13.0. The number of rotatable bonds is 3. The van der Waals surface area contributed by atoms with E-state index in [1.165, 1.54) is 0 Å². The molecule has 0 N–H and O–H groups in total. The quantitative estimate of drug-likeness (QED) is 0.733. The molecule has 6 nitrogen and oxygen atoms in total. The summed E-state index contributed by atoms with van der Waals surface area (Å²) in [4.78, 5) is 18.6. The van der Waals surface area contributed by atoms with Gasteiger partial charge in [0.05, 0.1) is 18.3 Å². The van der Waals surface area contributed by atoms with E-state index in [1.54, 1.807) is 12.4 Å². The molecule has 1 amide bonds. The van der Waals surface area contributed by atoms with E-state index in [0.717, 1.165) is 47.9 Å². The number of aromatic nitrogens is 3. The van der Waals surface area contributed by atoms with Crippen LogP contribution in [0, 0.1) is 0 Å². The Morgan fingerprint density at radius 3 is 2.88 bits per heavy atom. The van der Waals surface area contributed by atoms with Crippen LogP contribution >= 0.6 is 11.7 Å². The Kier molecular flexibility index (Phi) is 4.08. The largest absolute Gasteiger partial charge is 0.488 e. The van der Waals surface area contributed by atoms with Gasteiger partial charge in [-0.15, -0.1) is 0 Å². The molecule has 1 aliphatic heterocycles. The standard InChI is InChI=1S/C17H16N4O2S/c22-17(12-3-4-15-16(10-12)20-24-19-15)21-9-1-2-14(11-21)23-13-5-7-18-8-6-13/h3-8,10,14H,1-2,9,11H2. The van der Waals surface area contributed by atoms with Crippen molar-refractivity contribution in [3.05, 3.63) is 48.3 Å². The van der Waals surface area contributed by atoms with Crippen LogP contribution in [0.5, 0.6) is 5.75 Å². The fourth-order valence-electron chi connectivity index (χ4n) is 2.93. The van der Waals surface area contributed by atoms with Crippen molar-refractivity contribution in [1.29, 1.82) is 0 Å². The van der Waals surface area contributed by atoms with Crippen LogP contribution in [0.4, 0.5) is 0 Å². The van der Waals surface area contributed by atoms with Crippen molar-refractivity contribution < 1.29 is 9.53 Å². The number of benzene rings is 1. The highest BCUT2D eigenvalue weighted by Gasteiger charge is 2.26. The second kappa shape index (κ2) is 6.52. The molecule has 1 atom stereocenters. The van der Waals surface area contributed by atoms with Gasteiger partial charge in [-0.3, -0.25) is 9.78 Å². The molecule has 1 saturated heterocycles. The van der Waals surface area contributed by atoms with Crippen molar-refractivity contribution in [2.45, 2.75) is 18.9 Å².